The number of aryl methyl sites for hydroxylation is 1. The van der Waals surface area contributed by atoms with Crippen LogP contribution in [0.5, 0.6) is 0 Å². The van der Waals surface area contributed by atoms with Crippen LogP contribution in [0.25, 0.3) is 0 Å². The minimum atomic E-state index is -0.231. The van der Waals surface area contributed by atoms with E-state index in [-0.39, 0.29) is 5.91 Å². The molecule has 7 nitrogen and oxygen atoms in total. The van der Waals surface area contributed by atoms with Crippen LogP contribution in [0.4, 0.5) is 11.5 Å². The third kappa shape index (κ3) is 3.77. The maximum absolute atomic E-state index is 12.5. The summed E-state index contributed by atoms with van der Waals surface area (Å²) in [4.78, 5) is 20.9. The Labute approximate surface area is 147 Å². The SMILES string of the molecule is Cn1ncnc1CNc1ncccc1C(=O)Nc1ccc(Br)cc1. The van der Waals surface area contributed by atoms with Crippen molar-refractivity contribution in [3.05, 3.63) is 64.8 Å². The monoisotopic (exact) mass is 386 g/mol. The molecule has 0 saturated heterocycles. The fourth-order valence-electron chi connectivity index (χ4n) is 2.10. The Hall–Kier alpha value is -2.74. The molecule has 2 heterocycles. The fourth-order valence-corrected chi connectivity index (χ4v) is 2.37. The molecule has 0 bridgehead atoms. The maximum atomic E-state index is 12.5. The van der Waals surface area contributed by atoms with Gasteiger partial charge < -0.3 is 10.6 Å². The van der Waals surface area contributed by atoms with Gasteiger partial charge in [-0.2, -0.15) is 5.10 Å². The highest BCUT2D eigenvalue weighted by atomic mass is 79.9. The molecule has 122 valence electrons. The van der Waals surface area contributed by atoms with Gasteiger partial charge in [-0.3, -0.25) is 9.48 Å². The van der Waals surface area contributed by atoms with E-state index in [9.17, 15) is 4.79 Å². The van der Waals surface area contributed by atoms with Crippen LogP contribution in [-0.2, 0) is 13.6 Å². The summed E-state index contributed by atoms with van der Waals surface area (Å²) in [7, 11) is 1.81. The second-order valence-corrected chi connectivity index (χ2v) is 5.93. The number of anilines is 2. The molecule has 0 fully saturated rings. The topological polar surface area (TPSA) is 84.7 Å². The number of nitrogens with zero attached hydrogens (tertiary/aromatic N) is 4. The lowest BCUT2D eigenvalue weighted by atomic mass is 10.2. The predicted octanol–water partition coefficient (Wildman–Crippen LogP) is 2.84. The lowest BCUT2D eigenvalue weighted by Crippen LogP contribution is -2.16. The number of rotatable bonds is 5. The van der Waals surface area contributed by atoms with E-state index in [2.05, 4.69) is 41.6 Å². The zero-order valence-electron chi connectivity index (χ0n) is 12.9. The Morgan fingerprint density at radius 2 is 2.00 bits per heavy atom. The molecule has 0 saturated carbocycles. The minimum Gasteiger partial charge on any atom is -0.362 e. The normalized spacial score (nSPS) is 10.4. The Morgan fingerprint density at radius 1 is 1.21 bits per heavy atom. The van der Waals surface area contributed by atoms with Gasteiger partial charge in [0.05, 0.1) is 12.1 Å². The summed E-state index contributed by atoms with van der Waals surface area (Å²) in [5, 5.41) is 10.00. The molecular formula is C16H15BrN6O. The average Bonchev–Trinajstić information content (AvgIpc) is 3.00. The van der Waals surface area contributed by atoms with Crippen LogP contribution in [0.15, 0.2) is 53.4 Å². The van der Waals surface area contributed by atoms with Crippen molar-refractivity contribution >= 4 is 33.3 Å². The smallest absolute Gasteiger partial charge is 0.259 e. The quantitative estimate of drug-likeness (QED) is 0.703. The molecule has 0 aliphatic heterocycles. The van der Waals surface area contributed by atoms with Crippen LogP contribution in [0.2, 0.25) is 0 Å². The van der Waals surface area contributed by atoms with Gasteiger partial charge in [0, 0.05) is 23.4 Å². The number of pyridine rings is 1. The number of hydrogen-bond donors (Lipinski definition) is 2. The van der Waals surface area contributed by atoms with E-state index in [0.717, 1.165) is 10.3 Å². The molecule has 2 aromatic heterocycles. The van der Waals surface area contributed by atoms with Gasteiger partial charge in [-0.05, 0) is 36.4 Å². The highest BCUT2D eigenvalue weighted by Gasteiger charge is 2.13. The molecule has 1 aromatic carbocycles. The predicted molar refractivity (Wildman–Crippen MR) is 94.7 cm³/mol. The molecule has 3 aromatic rings. The Bertz CT molecular complexity index is 846. The molecule has 0 spiro atoms. The van der Waals surface area contributed by atoms with E-state index in [1.165, 1.54) is 6.33 Å². The second-order valence-electron chi connectivity index (χ2n) is 5.01. The number of carbonyl (C=O) groups excluding carboxylic acids is 1. The molecular weight excluding hydrogens is 372 g/mol. The molecule has 0 aliphatic rings. The Balaban J connectivity index is 1.74. The van der Waals surface area contributed by atoms with Crippen molar-refractivity contribution in [3.8, 4) is 0 Å². The van der Waals surface area contributed by atoms with E-state index in [1.807, 2.05) is 31.3 Å². The summed E-state index contributed by atoms with van der Waals surface area (Å²) >= 11 is 3.37. The van der Waals surface area contributed by atoms with Crippen LogP contribution >= 0.6 is 15.9 Å². The number of benzene rings is 1. The number of nitrogens with one attached hydrogen (secondary N) is 2. The van der Waals surface area contributed by atoms with E-state index < -0.39 is 0 Å². The number of halogens is 1. The number of hydrogen-bond acceptors (Lipinski definition) is 5. The minimum absolute atomic E-state index is 0.231. The van der Waals surface area contributed by atoms with Gasteiger partial charge in [-0.1, -0.05) is 15.9 Å². The van der Waals surface area contributed by atoms with Crippen molar-refractivity contribution in [2.75, 3.05) is 10.6 Å². The maximum Gasteiger partial charge on any atom is 0.259 e. The van der Waals surface area contributed by atoms with E-state index in [1.54, 1.807) is 23.0 Å². The molecule has 24 heavy (non-hydrogen) atoms. The highest BCUT2D eigenvalue weighted by molar-refractivity contribution is 9.10. The van der Waals surface area contributed by atoms with Gasteiger partial charge in [0.1, 0.15) is 18.0 Å². The number of carbonyl (C=O) groups is 1. The summed E-state index contributed by atoms with van der Waals surface area (Å²) in [6.45, 7) is 0.423. The molecule has 0 radical (unpaired) electrons. The summed E-state index contributed by atoms with van der Waals surface area (Å²) < 4.78 is 2.62. The zero-order chi connectivity index (χ0) is 16.9. The van der Waals surface area contributed by atoms with Gasteiger partial charge in [-0.25, -0.2) is 9.97 Å². The molecule has 3 rings (SSSR count). The van der Waals surface area contributed by atoms with Gasteiger partial charge in [-0.15, -0.1) is 0 Å². The van der Waals surface area contributed by atoms with E-state index in [0.29, 0.717) is 23.6 Å². The molecule has 8 heteroatoms. The second kappa shape index (κ2) is 7.22. The Kier molecular flexibility index (Phi) is 4.85. The van der Waals surface area contributed by atoms with Crippen molar-refractivity contribution in [2.24, 2.45) is 7.05 Å². The molecule has 0 atom stereocenters. The van der Waals surface area contributed by atoms with Crippen LogP contribution in [0.3, 0.4) is 0 Å². The first-order valence-electron chi connectivity index (χ1n) is 7.22. The van der Waals surface area contributed by atoms with E-state index >= 15 is 0 Å². The largest absolute Gasteiger partial charge is 0.362 e. The van der Waals surface area contributed by atoms with Crippen LogP contribution in [0.1, 0.15) is 16.2 Å². The van der Waals surface area contributed by atoms with E-state index in [4.69, 9.17) is 0 Å². The first-order chi connectivity index (χ1) is 11.6. The van der Waals surface area contributed by atoms with Crippen molar-refractivity contribution < 1.29 is 4.79 Å². The molecule has 1 amide bonds. The lowest BCUT2D eigenvalue weighted by molar-refractivity contribution is 0.102. The van der Waals surface area contributed by atoms with Gasteiger partial charge in [0.15, 0.2) is 0 Å². The van der Waals surface area contributed by atoms with Crippen molar-refractivity contribution in [3.63, 3.8) is 0 Å². The van der Waals surface area contributed by atoms with Crippen molar-refractivity contribution in [1.29, 1.82) is 0 Å². The van der Waals surface area contributed by atoms with Crippen LogP contribution in [-0.4, -0.2) is 25.7 Å². The lowest BCUT2D eigenvalue weighted by Gasteiger charge is -2.11. The highest BCUT2D eigenvalue weighted by Crippen LogP contribution is 2.17. The van der Waals surface area contributed by atoms with Gasteiger partial charge in [0.2, 0.25) is 0 Å². The average molecular weight is 387 g/mol. The van der Waals surface area contributed by atoms with Gasteiger partial charge >= 0.3 is 0 Å². The fraction of sp³-hybridized carbons (Fsp3) is 0.125. The van der Waals surface area contributed by atoms with Crippen molar-refractivity contribution in [1.82, 2.24) is 19.7 Å². The number of aromatic nitrogens is 4. The third-order valence-electron chi connectivity index (χ3n) is 3.37. The number of amides is 1. The third-order valence-corrected chi connectivity index (χ3v) is 3.90. The summed E-state index contributed by atoms with van der Waals surface area (Å²) in [6, 6.07) is 10.8. The first-order valence-corrected chi connectivity index (χ1v) is 8.01. The summed E-state index contributed by atoms with van der Waals surface area (Å²) in [6.07, 6.45) is 3.12. The molecule has 2 N–H and O–H groups in total. The Morgan fingerprint density at radius 3 is 2.71 bits per heavy atom. The molecule has 0 aliphatic carbocycles. The standard InChI is InChI=1S/C16H15BrN6O/c1-23-14(20-10-21-23)9-19-15-13(3-2-8-18-15)16(24)22-12-6-4-11(17)5-7-12/h2-8,10H,9H2,1H3,(H,18,19)(H,22,24). The van der Waals surface area contributed by atoms with Crippen LogP contribution in [0, 0.1) is 0 Å². The van der Waals surface area contributed by atoms with Gasteiger partial charge in [0.25, 0.3) is 5.91 Å². The zero-order valence-corrected chi connectivity index (χ0v) is 14.5. The first kappa shape index (κ1) is 16.1. The van der Waals surface area contributed by atoms with Crippen molar-refractivity contribution in [2.45, 2.75) is 6.54 Å². The summed E-state index contributed by atoms with van der Waals surface area (Å²) in [5.41, 5.74) is 1.17. The molecule has 0 unspecified atom stereocenters. The van der Waals surface area contributed by atoms with Crippen LogP contribution < -0.4 is 10.6 Å². The summed E-state index contributed by atoms with van der Waals surface area (Å²) in [5.74, 6) is 1.01.